The van der Waals surface area contributed by atoms with E-state index in [1.54, 1.807) is 6.92 Å². The third-order valence-electron chi connectivity index (χ3n) is 20.8. The molecule has 21 N–H and O–H groups in total. The minimum atomic E-state index is -1.66. The van der Waals surface area contributed by atoms with E-state index in [4.69, 9.17) is 34.4 Å². The van der Waals surface area contributed by atoms with Gasteiger partial charge in [0.2, 0.25) is 41.4 Å². The van der Waals surface area contributed by atoms with Crippen LogP contribution in [-0.2, 0) is 73.5 Å². The number of rotatable bonds is 68. The molecule has 0 aliphatic rings. The maximum atomic E-state index is 13.8. The van der Waals surface area contributed by atoms with E-state index in [-0.39, 0.29) is 123 Å². The van der Waals surface area contributed by atoms with E-state index >= 15 is 0 Å². The standard InChI is InChI=1S/C45H81N7O11.C39H65N7O6S/c1-6-7-8-9-10-11-12-13-14-15-16-17-18-21-39(58)50-28-35(55)24-34(29-53)44(63)52-41(31(4)54)38(57)26-33(27-40(59)60)43(62)51-36(20-19-22-49-45(46)47)37(56)25-32(23-30(2)3)42(61)48-5;1-6-25(2)31(36(41)50)24-35(49)32(21-28-14-8-7-9-15-28)46-38(52)30(17-20-53-5)23-34(48)27(4)45-37(51)29(16-10-11-18-40)22-33(47)26(3)13-12-19-44-39(42)43/h30-34,36,41,53-54H,6-29H2,1-5H3,(H,48,61)(H,50,58)(H,51,62)(H,52,63)(H,59,60)(H4,46,47,49);7-9,14-15,25-27,29-32H,6,10-13,16-24,40H2,1-5H3,(H2,41,50)(H,45,51)(H,46,52)(H4,42,43,44)/t31-,32-,33+,34+,36+,41+;25-,26-,27-,29+,30+,31-,32-/m10/s1. The third kappa shape index (κ3) is 49.7. The molecule has 31 nitrogen and oxygen atoms in total. The van der Waals surface area contributed by atoms with E-state index in [0.717, 1.165) is 24.8 Å². The lowest BCUT2D eigenvalue weighted by Gasteiger charge is -2.26. The van der Waals surface area contributed by atoms with Crippen LogP contribution in [0.1, 0.15) is 260 Å². The summed E-state index contributed by atoms with van der Waals surface area (Å²) in [4.78, 5) is 191. The second-order valence-corrected chi connectivity index (χ2v) is 32.4. The number of nitrogens with two attached hydrogens (primary N) is 6. The molecular formula is C84H146N14O17S. The number of guanidine groups is 2. The molecule has 116 heavy (non-hydrogen) atoms. The van der Waals surface area contributed by atoms with Crippen LogP contribution in [0.25, 0.3) is 0 Å². The van der Waals surface area contributed by atoms with E-state index in [1.807, 2.05) is 71.2 Å². The highest BCUT2D eigenvalue weighted by molar-refractivity contribution is 7.98. The Kier molecular flexibility index (Phi) is 59.3. The van der Waals surface area contributed by atoms with Crippen LogP contribution in [0.4, 0.5) is 0 Å². The van der Waals surface area contributed by atoms with Crippen LogP contribution in [0.2, 0.25) is 0 Å². The molecule has 0 aliphatic carbocycles. The first-order chi connectivity index (χ1) is 55.0. The molecule has 0 heterocycles. The van der Waals surface area contributed by atoms with E-state index in [0.29, 0.717) is 76.6 Å². The van der Waals surface area contributed by atoms with Crippen LogP contribution in [0.3, 0.4) is 0 Å². The predicted molar refractivity (Wildman–Crippen MR) is 454 cm³/mol. The van der Waals surface area contributed by atoms with Gasteiger partial charge in [-0.3, -0.25) is 77.1 Å². The van der Waals surface area contributed by atoms with E-state index in [2.05, 4.69) is 48.8 Å². The fraction of sp³-hybridized carbons (Fsp3) is 0.738. The van der Waals surface area contributed by atoms with Gasteiger partial charge in [0.25, 0.3) is 0 Å². The van der Waals surface area contributed by atoms with E-state index in [9.17, 15) is 82.4 Å². The van der Waals surface area contributed by atoms with Gasteiger partial charge in [-0.05, 0) is 114 Å². The highest BCUT2D eigenvalue weighted by atomic mass is 32.2. The van der Waals surface area contributed by atoms with Crippen molar-refractivity contribution in [3.05, 3.63) is 35.9 Å². The summed E-state index contributed by atoms with van der Waals surface area (Å²) in [5, 5.41) is 45.8. The number of Topliss-reactive ketones (excluding diaryl/α,β-unsaturated/α-hetero) is 6. The molecule has 0 bridgehead atoms. The number of carboxylic acid groups (broad SMARTS) is 1. The van der Waals surface area contributed by atoms with Crippen LogP contribution >= 0.6 is 11.8 Å². The molecule has 0 unspecified atom stereocenters. The number of hydrogen-bond donors (Lipinski definition) is 15. The molecule has 0 saturated carbocycles. The van der Waals surface area contributed by atoms with Gasteiger partial charge in [0.1, 0.15) is 11.8 Å². The zero-order valence-electron chi connectivity index (χ0n) is 71.2. The molecule has 0 aliphatic heterocycles. The number of carboxylic acids is 1. The number of aliphatic hydroxyl groups is 2. The molecule has 1 aromatic rings. The Labute approximate surface area is 693 Å². The number of carbonyl (C=O) groups is 14. The van der Waals surface area contributed by atoms with Gasteiger partial charge in [-0.2, -0.15) is 11.8 Å². The highest BCUT2D eigenvalue weighted by Crippen LogP contribution is 2.26. The number of nitrogens with one attached hydrogen (secondary N) is 6. The Morgan fingerprint density at radius 3 is 1.53 bits per heavy atom. The van der Waals surface area contributed by atoms with E-state index < -0.39 is 145 Å². The smallest absolute Gasteiger partial charge is 0.304 e. The van der Waals surface area contributed by atoms with Crippen molar-refractivity contribution in [2.75, 3.05) is 51.8 Å². The summed E-state index contributed by atoms with van der Waals surface area (Å²) in [7, 11) is 1.44. The van der Waals surface area contributed by atoms with Gasteiger partial charge in [0, 0.05) is 94.7 Å². The van der Waals surface area contributed by atoms with Crippen LogP contribution in [0.15, 0.2) is 40.3 Å². The second-order valence-electron chi connectivity index (χ2n) is 31.4. The normalized spacial score (nSPS) is 14.5. The first-order valence-electron chi connectivity index (χ1n) is 42.0. The van der Waals surface area contributed by atoms with Crippen molar-refractivity contribution in [1.29, 1.82) is 0 Å². The number of ketones is 6. The molecule has 32 heteroatoms. The Morgan fingerprint density at radius 1 is 0.509 bits per heavy atom. The van der Waals surface area contributed by atoms with Crippen LogP contribution < -0.4 is 66.3 Å². The molecule has 0 fully saturated rings. The fourth-order valence-corrected chi connectivity index (χ4v) is 13.9. The van der Waals surface area contributed by atoms with Gasteiger partial charge < -0.3 is 81.6 Å². The molecule has 0 saturated heterocycles. The Bertz CT molecular complexity index is 3190. The first-order valence-corrected chi connectivity index (χ1v) is 43.4. The lowest BCUT2D eigenvalue weighted by atomic mass is 9.84. The quantitative estimate of drug-likeness (QED) is 0.0201. The number of thioether (sulfide) groups is 1. The maximum absolute atomic E-state index is 13.8. The Balaban J connectivity index is 0.00000231. The monoisotopic (exact) mass is 1660 g/mol. The number of unbranched alkanes of at least 4 members (excludes halogenated alkanes) is 13. The van der Waals surface area contributed by atoms with Crippen molar-refractivity contribution in [2.24, 2.45) is 97.6 Å². The van der Waals surface area contributed by atoms with Gasteiger partial charge in [-0.25, -0.2) is 0 Å². The van der Waals surface area contributed by atoms with Gasteiger partial charge >= 0.3 is 5.97 Å². The molecule has 7 amide bonds. The molecule has 1 aromatic carbocycles. The minimum absolute atomic E-state index is 0.00454. The topological polar surface area (TPSA) is 553 Å². The lowest BCUT2D eigenvalue weighted by molar-refractivity contribution is -0.143. The Morgan fingerprint density at radius 2 is 1.02 bits per heavy atom. The number of carbonyl (C=O) groups excluding carboxylic acids is 13. The summed E-state index contributed by atoms with van der Waals surface area (Å²) in [5.41, 5.74) is 33.7. The summed E-state index contributed by atoms with van der Waals surface area (Å²) in [6.45, 7) is 14.2. The second kappa shape index (κ2) is 63.9. The summed E-state index contributed by atoms with van der Waals surface area (Å²) >= 11 is 1.53. The minimum Gasteiger partial charge on any atom is -0.481 e. The molecule has 660 valence electrons. The number of aliphatic carboxylic acids is 1. The van der Waals surface area contributed by atoms with E-state index in [1.165, 1.54) is 83.5 Å². The lowest BCUT2D eigenvalue weighted by Crippen LogP contribution is -2.52. The van der Waals surface area contributed by atoms with Crippen molar-refractivity contribution in [3.63, 3.8) is 0 Å². The first kappa shape index (κ1) is 108. The van der Waals surface area contributed by atoms with Gasteiger partial charge in [-0.15, -0.1) is 0 Å². The number of benzene rings is 1. The van der Waals surface area contributed by atoms with Crippen LogP contribution in [0.5, 0.6) is 0 Å². The zero-order chi connectivity index (χ0) is 87.7. The Hall–Kier alpha value is -8.23. The van der Waals surface area contributed by atoms with Gasteiger partial charge in [0.05, 0.1) is 55.6 Å². The largest absolute Gasteiger partial charge is 0.481 e. The maximum Gasteiger partial charge on any atom is 0.304 e. The number of primary amides is 1. The van der Waals surface area contributed by atoms with Crippen molar-refractivity contribution >= 4 is 106 Å². The molecule has 0 aromatic heterocycles. The molecule has 0 spiro atoms. The van der Waals surface area contributed by atoms with Crippen molar-refractivity contribution in [2.45, 2.75) is 291 Å². The van der Waals surface area contributed by atoms with Gasteiger partial charge in [-0.1, -0.05) is 162 Å². The van der Waals surface area contributed by atoms with Crippen molar-refractivity contribution in [3.8, 4) is 0 Å². The zero-order valence-corrected chi connectivity index (χ0v) is 72.0. The van der Waals surface area contributed by atoms with Crippen LogP contribution in [0, 0.1) is 53.3 Å². The molecule has 13 atom stereocenters. The SMILES string of the molecule is CCCCCCCCCCCCCCCC(=O)NCC(=O)C[C@@H](CO)C(=O)N[C@H](C(=O)C[C@@H](CC(=O)O)C(=O)N[C@@H](CCCN=C(N)N)C(=O)C[C@@H](CC(C)C)C(=O)NC)[C@@H](C)O.CC[C@H](C)[C@H](CC(=O)[C@H](Cc1ccccc1)NC(=O)[C@H](CCSC)CC(=O)[C@H](C)NC(=O)[C@H](CCCCN)CC(=O)[C@@H](C)CCCN=C(N)N)C(N)=O. The number of aliphatic imine (C=N–C) groups is 2. The average molecular weight is 1660 g/mol. The molecule has 1 rings (SSSR count). The fourth-order valence-electron chi connectivity index (χ4n) is 13.4. The number of hydrogen-bond acceptors (Lipinski definition) is 20. The third-order valence-corrected chi connectivity index (χ3v) is 21.4. The van der Waals surface area contributed by atoms with Crippen LogP contribution in [-0.4, -0.2) is 191 Å². The van der Waals surface area contributed by atoms with Crippen molar-refractivity contribution in [1.82, 2.24) is 31.9 Å². The number of nitrogens with zero attached hydrogens (tertiary/aromatic N) is 2. The summed E-state index contributed by atoms with van der Waals surface area (Å²) < 4.78 is 0. The highest BCUT2D eigenvalue weighted by Gasteiger charge is 2.38. The summed E-state index contributed by atoms with van der Waals surface area (Å²) in [6, 6.07) is 4.56. The molecule has 0 radical (unpaired) electrons. The molecular weight excluding hydrogens is 1510 g/mol. The van der Waals surface area contributed by atoms with Gasteiger partial charge in [0.15, 0.2) is 40.8 Å². The number of amides is 7. The summed E-state index contributed by atoms with van der Waals surface area (Å²) in [6.07, 6.45) is 18.1. The summed E-state index contributed by atoms with van der Waals surface area (Å²) in [5.74, 6) is -13.7. The number of aliphatic hydroxyl groups excluding tert-OH is 2. The average Bonchev–Trinajstić information content (AvgIpc) is 0.856. The predicted octanol–water partition coefficient (Wildman–Crippen LogP) is 6.02. The van der Waals surface area contributed by atoms with Crippen molar-refractivity contribution < 1.29 is 82.4 Å².